The van der Waals surface area contributed by atoms with Crippen molar-refractivity contribution in [2.24, 2.45) is 28.9 Å². The van der Waals surface area contributed by atoms with Crippen LogP contribution in [0.5, 0.6) is 0 Å². The molecule has 0 bridgehead atoms. The van der Waals surface area contributed by atoms with Crippen molar-refractivity contribution >= 4 is 100 Å². The number of fused-ring (bicyclic) bond motifs is 1. The Morgan fingerprint density at radius 3 is 1.66 bits per heavy atom. The average Bonchev–Trinajstić information content (AvgIpc) is 3.77. The highest BCUT2D eigenvalue weighted by molar-refractivity contribution is 7.80. The molecular formula is C55H81N15O14S. The van der Waals surface area contributed by atoms with Crippen LogP contribution in [0.4, 0.5) is 0 Å². The number of nitrogens with two attached hydrogens (primary N) is 4. The fourth-order valence-electron chi connectivity index (χ4n) is 8.39. The van der Waals surface area contributed by atoms with Crippen LogP contribution in [0.2, 0.25) is 0 Å². The third-order valence-corrected chi connectivity index (χ3v) is 13.9. The first-order valence-corrected chi connectivity index (χ1v) is 28.3. The van der Waals surface area contributed by atoms with Crippen molar-refractivity contribution in [2.75, 3.05) is 25.4 Å². The highest BCUT2D eigenvalue weighted by Crippen LogP contribution is 2.20. The van der Waals surface area contributed by atoms with Gasteiger partial charge >= 0.3 is 5.97 Å². The fourth-order valence-corrected chi connectivity index (χ4v) is 8.65. The number of nitrogens with one attached hydrogen (secondary N) is 11. The zero-order chi connectivity index (χ0) is 63.3. The lowest BCUT2D eigenvalue weighted by Crippen LogP contribution is -2.60. The van der Waals surface area contributed by atoms with E-state index in [4.69, 9.17) is 22.9 Å². The van der Waals surface area contributed by atoms with Crippen LogP contribution < -0.4 is 76.1 Å². The van der Waals surface area contributed by atoms with E-state index in [0.29, 0.717) is 24.0 Å². The summed E-state index contributed by atoms with van der Waals surface area (Å²) in [4.78, 5) is 174. The summed E-state index contributed by atoms with van der Waals surface area (Å²) in [5.74, 6) is -12.3. The number of para-hydroxylation sites is 1. The monoisotopic (exact) mass is 1210 g/mol. The van der Waals surface area contributed by atoms with Crippen LogP contribution in [0.1, 0.15) is 90.2 Å². The Hall–Kier alpha value is -8.64. The van der Waals surface area contributed by atoms with Crippen LogP contribution in [0.3, 0.4) is 0 Å². The van der Waals surface area contributed by atoms with Gasteiger partial charge in [0.1, 0.15) is 48.3 Å². The number of H-pyrrole nitrogens is 1. The summed E-state index contributed by atoms with van der Waals surface area (Å²) in [6.07, 6.45) is 0.508. The Kier molecular flexibility index (Phi) is 30.0. The Balaban J connectivity index is 1.75. The minimum Gasteiger partial charge on any atom is -0.481 e. The van der Waals surface area contributed by atoms with Crippen molar-refractivity contribution in [3.8, 4) is 0 Å². The molecule has 29 nitrogen and oxygen atoms in total. The molecule has 0 spiro atoms. The Morgan fingerprint density at radius 1 is 0.565 bits per heavy atom. The molecule has 0 aliphatic rings. The lowest BCUT2D eigenvalue weighted by molar-refractivity contribution is -0.138. The zero-order valence-corrected chi connectivity index (χ0v) is 48.9. The molecule has 0 aliphatic carbocycles. The van der Waals surface area contributed by atoms with E-state index < -0.39 is 176 Å². The fraction of sp³-hybridized carbons (Fsp3) is 0.509. The van der Waals surface area contributed by atoms with Gasteiger partial charge in [0.2, 0.25) is 70.9 Å². The second-order valence-corrected chi connectivity index (χ2v) is 20.7. The number of aliphatic carboxylic acids is 1. The lowest BCUT2D eigenvalue weighted by Gasteiger charge is -2.28. The molecule has 0 radical (unpaired) electrons. The van der Waals surface area contributed by atoms with Crippen LogP contribution in [-0.2, 0) is 75.2 Å². The number of unbranched alkanes of at least 4 members (excludes halogenated alkanes) is 1. The molecule has 2 aromatic carbocycles. The largest absolute Gasteiger partial charge is 0.481 e. The van der Waals surface area contributed by atoms with Gasteiger partial charge in [-0.3, -0.25) is 62.3 Å². The maximum atomic E-state index is 14.1. The van der Waals surface area contributed by atoms with E-state index >= 15 is 0 Å². The van der Waals surface area contributed by atoms with E-state index in [1.165, 1.54) is 13.8 Å². The molecule has 1 aromatic heterocycles. The van der Waals surface area contributed by atoms with E-state index in [-0.39, 0.29) is 38.0 Å². The first-order valence-electron chi connectivity index (χ1n) is 27.7. The van der Waals surface area contributed by atoms with Gasteiger partial charge in [-0.2, -0.15) is 12.6 Å². The van der Waals surface area contributed by atoms with Gasteiger partial charge in [0.05, 0.1) is 19.1 Å². The number of rotatable bonds is 38. The molecule has 20 N–H and O–H groups in total. The molecule has 10 atom stereocenters. The first-order chi connectivity index (χ1) is 40.3. The van der Waals surface area contributed by atoms with E-state index in [2.05, 4.69) is 70.8 Å². The van der Waals surface area contributed by atoms with Crippen LogP contribution >= 0.6 is 12.6 Å². The number of aromatic nitrogens is 1. The third-order valence-electron chi connectivity index (χ3n) is 13.5. The molecule has 30 heteroatoms. The Bertz CT molecular complexity index is 2820. The highest BCUT2D eigenvalue weighted by Gasteiger charge is 2.35. The van der Waals surface area contributed by atoms with Gasteiger partial charge < -0.3 is 86.2 Å². The van der Waals surface area contributed by atoms with Gasteiger partial charge in [-0.1, -0.05) is 68.8 Å². The van der Waals surface area contributed by atoms with Crippen LogP contribution in [0.25, 0.3) is 10.9 Å². The number of primary amides is 2. The normalized spacial score (nSPS) is 14.5. The van der Waals surface area contributed by atoms with E-state index in [9.17, 15) is 67.4 Å². The van der Waals surface area contributed by atoms with Gasteiger partial charge in [0.15, 0.2) is 0 Å². The summed E-state index contributed by atoms with van der Waals surface area (Å²) in [5, 5.41) is 35.1. The molecule has 466 valence electrons. The number of carboxylic acids is 1. The number of carbonyl (C=O) groups is 13. The topological polar surface area (TPSA) is 482 Å². The smallest absolute Gasteiger partial charge is 0.303 e. The summed E-state index contributed by atoms with van der Waals surface area (Å²) < 4.78 is 0. The summed E-state index contributed by atoms with van der Waals surface area (Å²) in [7, 11) is 0. The summed E-state index contributed by atoms with van der Waals surface area (Å²) >= 11 is 4.09. The Labute approximate surface area is 496 Å². The van der Waals surface area contributed by atoms with E-state index in [1.807, 2.05) is 0 Å². The van der Waals surface area contributed by atoms with Crippen LogP contribution in [-0.4, -0.2) is 167 Å². The SMILES string of the molecule is CCC(C)[C@H](NC(=O)CNC(=O)[C@H](C)NC(=O)[C@H](Cc1c[nH]c2ccccc12)NC(=O)CNC(=O)[C@H](CS)NC(=O)[C@H](C)N)C(=O)N[C@@H](CCCCN)C(=O)N[C@@H](CCC(N)=O)C(=O)N[C@@H](CCC(=O)O)C(=O)N[C@@H](Cc1ccccc1)C(N)=O. The maximum Gasteiger partial charge on any atom is 0.303 e. The number of amides is 12. The van der Waals surface area contributed by atoms with Gasteiger partial charge in [-0.05, 0) is 75.6 Å². The molecule has 0 saturated carbocycles. The van der Waals surface area contributed by atoms with Crippen LogP contribution in [0.15, 0.2) is 60.8 Å². The summed E-state index contributed by atoms with van der Waals surface area (Å²) in [5.41, 5.74) is 24.3. The van der Waals surface area contributed by atoms with E-state index in [1.54, 1.807) is 74.6 Å². The van der Waals surface area contributed by atoms with Crippen molar-refractivity contribution in [1.29, 1.82) is 0 Å². The molecule has 12 amide bonds. The summed E-state index contributed by atoms with van der Waals surface area (Å²) in [6.45, 7) is 4.99. The van der Waals surface area contributed by atoms with Crippen molar-refractivity contribution in [1.82, 2.24) is 58.2 Å². The number of thiol groups is 1. The molecule has 85 heavy (non-hydrogen) atoms. The van der Waals surface area contributed by atoms with Crippen molar-refractivity contribution in [3.05, 3.63) is 71.9 Å². The molecule has 1 heterocycles. The molecular weight excluding hydrogens is 1130 g/mol. The number of aromatic amines is 1. The van der Waals surface area contributed by atoms with Crippen LogP contribution in [0, 0.1) is 5.92 Å². The molecule has 3 rings (SSSR count). The van der Waals surface area contributed by atoms with Gasteiger partial charge in [0, 0.05) is 48.5 Å². The Morgan fingerprint density at radius 2 is 1.09 bits per heavy atom. The maximum absolute atomic E-state index is 14.1. The van der Waals surface area contributed by atoms with Gasteiger partial charge in [0.25, 0.3) is 0 Å². The zero-order valence-electron chi connectivity index (χ0n) is 48.0. The lowest BCUT2D eigenvalue weighted by atomic mass is 9.97. The van der Waals surface area contributed by atoms with Gasteiger partial charge in [-0.15, -0.1) is 0 Å². The number of hydrogen-bond acceptors (Lipinski definition) is 16. The molecule has 3 aromatic rings. The molecule has 0 aliphatic heterocycles. The average molecular weight is 1210 g/mol. The van der Waals surface area contributed by atoms with Crippen molar-refractivity contribution in [2.45, 2.75) is 146 Å². The molecule has 0 saturated heterocycles. The second kappa shape index (κ2) is 36.2. The predicted octanol–water partition coefficient (Wildman–Crippen LogP) is -3.85. The number of carbonyl (C=O) groups excluding carboxylic acids is 12. The van der Waals surface area contributed by atoms with E-state index in [0.717, 1.165) is 10.9 Å². The summed E-state index contributed by atoms with van der Waals surface area (Å²) in [6, 6.07) is 3.82. The third kappa shape index (κ3) is 24.6. The minimum atomic E-state index is -1.60. The van der Waals surface area contributed by atoms with Crippen molar-refractivity contribution in [3.63, 3.8) is 0 Å². The van der Waals surface area contributed by atoms with Gasteiger partial charge in [-0.25, -0.2) is 0 Å². The number of benzene rings is 2. The second-order valence-electron chi connectivity index (χ2n) is 20.4. The molecule has 0 fully saturated rings. The van der Waals surface area contributed by atoms with Crippen molar-refractivity contribution < 1.29 is 67.4 Å². The number of hydrogen-bond donors (Lipinski definition) is 17. The standard InChI is InChI=1S/C55H81N15O14S/c1-5-29(2)46(70-44(73)27-61-49(78)31(4)63-54(83)40(24-33-25-60-35-16-10-9-15-34(33)35)64-43(72)26-62-50(79)41(28-85)69-48(77)30(3)57)55(84)67-36(17-11-12-22-56)51(80)65-37(18-20-42(58)71)52(81)66-38(19-21-45(74)75)53(82)68-39(47(59)76)23-32-13-7-6-8-14-32/h6-10,13-16,25,29-31,36-41,46,60,85H,5,11-12,17-24,26-28,56-57H2,1-4H3,(H2,58,71)(H2,59,76)(H,61,78)(H,62,79)(H,63,83)(H,64,72)(H,65,80)(H,66,81)(H,67,84)(H,68,82)(H,69,77)(H,70,73)(H,74,75)/t29?,30-,31-,36-,37-,38-,39-,40-,41-,46-/m0/s1. The molecule has 1 unspecified atom stereocenters. The number of carboxylic acid groups (broad SMARTS) is 1. The first kappa shape index (κ1) is 70.6. The highest BCUT2D eigenvalue weighted by atomic mass is 32.1. The predicted molar refractivity (Wildman–Crippen MR) is 314 cm³/mol. The minimum absolute atomic E-state index is 0.0398. The quantitative estimate of drug-likeness (QED) is 0.0193.